The Hall–Kier alpha value is -0.980. The first-order chi connectivity index (χ1) is 9.58. The molecule has 20 heavy (non-hydrogen) atoms. The van der Waals surface area contributed by atoms with E-state index in [1.807, 2.05) is 0 Å². The zero-order valence-corrected chi connectivity index (χ0v) is 12.5. The van der Waals surface area contributed by atoms with Crippen LogP contribution in [0.2, 0.25) is 0 Å². The number of nitrogens with one attached hydrogen (secondary N) is 1. The molecule has 1 heterocycles. The molecule has 2 N–H and O–H groups in total. The summed E-state index contributed by atoms with van der Waals surface area (Å²) in [6.45, 7) is 1.49. The molecule has 1 amide bonds. The molecule has 1 unspecified atom stereocenters. The Morgan fingerprint density at radius 2 is 2.20 bits per heavy atom. The zero-order valence-electron chi connectivity index (χ0n) is 10.9. The zero-order chi connectivity index (χ0) is 14.5. The van der Waals surface area contributed by atoms with Crippen molar-refractivity contribution in [2.24, 2.45) is 5.92 Å². The van der Waals surface area contributed by atoms with Crippen LogP contribution in [-0.2, 0) is 4.74 Å². The van der Waals surface area contributed by atoms with Crippen molar-refractivity contribution in [1.82, 2.24) is 5.32 Å². The molecule has 2 rings (SSSR count). The minimum Gasteiger partial charge on any atom is -0.391 e. The largest absolute Gasteiger partial charge is 0.391 e. The molecule has 0 aromatic heterocycles. The second kappa shape index (κ2) is 7.15. The number of hydrogen-bond donors (Lipinski definition) is 2. The Balaban J connectivity index is 1.88. The van der Waals surface area contributed by atoms with Gasteiger partial charge in [0, 0.05) is 24.2 Å². The molecule has 0 radical (unpaired) electrons. The van der Waals surface area contributed by atoms with Crippen molar-refractivity contribution in [2.75, 3.05) is 19.8 Å². The van der Waals surface area contributed by atoms with Crippen LogP contribution in [0.5, 0.6) is 0 Å². The number of hydrogen-bond acceptors (Lipinski definition) is 3. The van der Waals surface area contributed by atoms with Crippen molar-refractivity contribution in [1.29, 1.82) is 0 Å². The van der Waals surface area contributed by atoms with Crippen molar-refractivity contribution in [3.63, 3.8) is 0 Å². The number of rotatable bonds is 4. The standard InChI is InChI=1S/C14H17BrFNO3/c15-12-7-10(16)1-2-11(12)14(19)17-8-13(18)9-3-5-20-6-4-9/h1-2,7,9,13,18H,3-6,8H2,(H,17,19). The lowest BCUT2D eigenvalue weighted by atomic mass is 9.94. The lowest BCUT2D eigenvalue weighted by Gasteiger charge is -2.26. The quantitative estimate of drug-likeness (QED) is 0.878. The predicted octanol–water partition coefficient (Wildman–Crippen LogP) is 2.11. The first kappa shape index (κ1) is 15.4. The summed E-state index contributed by atoms with van der Waals surface area (Å²) in [7, 11) is 0. The maximum Gasteiger partial charge on any atom is 0.252 e. The Morgan fingerprint density at radius 1 is 1.50 bits per heavy atom. The number of ether oxygens (including phenoxy) is 1. The molecule has 0 spiro atoms. The molecule has 0 aliphatic carbocycles. The number of carbonyl (C=O) groups is 1. The normalized spacial score (nSPS) is 17.8. The van der Waals surface area contributed by atoms with Crippen LogP contribution in [0.3, 0.4) is 0 Å². The van der Waals surface area contributed by atoms with Gasteiger partial charge < -0.3 is 15.2 Å². The number of amides is 1. The summed E-state index contributed by atoms with van der Waals surface area (Å²) in [6.07, 6.45) is 1.02. The molecule has 1 fully saturated rings. The van der Waals surface area contributed by atoms with E-state index in [-0.39, 0.29) is 18.4 Å². The van der Waals surface area contributed by atoms with Crippen LogP contribution in [0.4, 0.5) is 4.39 Å². The van der Waals surface area contributed by atoms with Gasteiger partial charge in [-0.3, -0.25) is 4.79 Å². The molecule has 0 saturated carbocycles. The van der Waals surface area contributed by atoms with Gasteiger partial charge in [0.25, 0.3) is 5.91 Å². The highest BCUT2D eigenvalue weighted by atomic mass is 79.9. The van der Waals surface area contributed by atoms with Crippen LogP contribution < -0.4 is 5.32 Å². The lowest BCUT2D eigenvalue weighted by molar-refractivity contribution is 0.00872. The molecular weight excluding hydrogens is 329 g/mol. The van der Waals surface area contributed by atoms with Gasteiger partial charge in [-0.05, 0) is 52.9 Å². The molecule has 6 heteroatoms. The van der Waals surface area contributed by atoms with Gasteiger partial charge in [0.05, 0.1) is 11.7 Å². The Labute approximate surface area is 125 Å². The van der Waals surface area contributed by atoms with Crippen molar-refractivity contribution in [2.45, 2.75) is 18.9 Å². The highest BCUT2D eigenvalue weighted by molar-refractivity contribution is 9.10. The van der Waals surface area contributed by atoms with Crippen LogP contribution in [0.1, 0.15) is 23.2 Å². The topological polar surface area (TPSA) is 58.6 Å². The average molecular weight is 346 g/mol. The van der Waals surface area contributed by atoms with E-state index in [1.54, 1.807) is 0 Å². The van der Waals surface area contributed by atoms with Crippen LogP contribution in [0.25, 0.3) is 0 Å². The molecule has 0 bridgehead atoms. The van der Waals surface area contributed by atoms with E-state index in [9.17, 15) is 14.3 Å². The van der Waals surface area contributed by atoms with Gasteiger partial charge in [0.15, 0.2) is 0 Å². The Kier molecular flexibility index (Phi) is 5.51. The highest BCUT2D eigenvalue weighted by Gasteiger charge is 2.22. The van der Waals surface area contributed by atoms with Gasteiger partial charge >= 0.3 is 0 Å². The first-order valence-corrected chi connectivity index (χ1v) is 7.36. The fraction of sp³-hybridized carbons (Fsp3) is 0.500. The van der Waals surface area contributed by atoms with Crippen molar-refractivity contribution in [3.05, 3.63) is 34.1 Å². The van der Waals surface area contributed by atoms with E-state index < -0.39 is 11.9 Å². The molecule has 1 saturated heterocycles. The summed E-state index contributed by atoms with van der Waals surface area (Å²) in [4.78, 5) is 12.0. The van der Waals surface area contributed by atoms with Gasteiger partial charge in [-0.2, -0.15) is 0 Å². The van der Waals surface area contributed by atoms with E-state index in [2.05, 4.69) is 21.2 Å². The summed E-state index contributed by atoms with van der Waals surface area (Å²) in [5.41, 5.74) is 0.352. The summed E-state index contributed by atoms with van der Waals surface area (Å²) < 4.78 is 18.6. The molecule has 1 aromatic rings. The smallest absolute Gasteiger partial charge is 0.252 e. The van der Waals surface area contributed by atoms with E-state index in [4.69, 9.17) is 4.74 Å². The number of halogens is 2. The fourth-order valence-electron chi connectivity index (χ4n) is 2.23. The number of benzene rings is 1. The van der Waals surface area contributed by atoms with Gasteiger partial charge in [0.1, 0.15) is 5.82 Å². The summed E-state index contributed by atoms with van der Waals surface area (Å²) in [6, 6.07) is 3.88. The fourth-order valence-corrected chi connectivity index (χ4v) is 2.76. The molecule has 1 aliphatic heterocycles. The number of carbonyl (C=O) groups excluding carboxylic acids is 1. The van der Waals surface area contributed by atoms with Crippen molar-refractivity contribution < 1.29 is 19.0 Å². The maximum absolute atomic E-state index is 13.0. The number of aliphatic hydroxyl groups is 1. The Bertz CT molecular complexity index is 477. The molecule has 1 atom stereocenters. The van der Waals surface area contributed by atoms with Gasteiger partial charge in [0.2, 0.25) is 0 Å². The minimum absolute atomic E-state index is 0.153. The highest BCUT2D eigenvalue weighted by Crippen LogP contribution is 2.20. The van der Waals surface area contributed by atoms with Crippen LogP contribution in [0, 0.1) is 11.7 Å². The molecule has 110 valence electrons. The second-order valence-corrected chi connectivity index (χ2v) is 5.71. The SMILES string of the molecule is O=C(NCC(O)C1CCOCC1)c1ccc(F)cc1Br. The van der Waals surface area contributed by atoms with E-state index in [0.29, 0.717) is 23.2 Å². The third kappa shape index (κ3) is 4.01. The van der Waals surface area contributed by atoms with Crippen LogP contribution in [-0.4, -0.2) is 36.9 Å². The second-order valence-electron chi connectivity index (χ2n) is 4.85. The lowest BCUT2D eigenvalue weighted by Crippen LogP contribution is -2.38. The summed E-state index contributed by atoms with van der Waals surface area (Å²) in [5.74, 6) is -0.584. The Morgan fingerprint density at radius 3 is 2.85 bits per heavy atom. The summed E-state index contributed by atoms with van der Waals surface area (Å²) >= 11 is 3.15. The molecule has 1 aliphatic rings. The number of aliphatic hydroxyl groups excluding tert-OH is 1. The van der Waals surface area contributed by atoms with E-state index in [0.717, 1.165) is 12.8 Å². The monoisotopic (exact) mass is 345 g/mol. The maximum atomic E-state index is 13.0. The molecular formula is C14H17BrFNO3. The molecule has 4 nitrogen and oxygen atoms in total. The van der Waals surface area contributed by atoms with Gasteiger partial charge in [-0.15, -0.1) is 0 Å². The third-order valence-electron chi connectivity index (χ3n) is 3.46. The first-order valence-electron chi connectivity index (χ1n) is 6.57. The average Bonchev–Trinajstić information content (AvgIpc) is 2.45. The minimum atomic E-state index is -0.581. The van der Waals surface area contributed by atoms with Crippen molar-refractivity contribution in [3.8, 4) is 0 Å². The van der Waals surface area contributed by atoms with Crippen LogP contribution in [0.15, 0.2) is 22.7 Å². The van der Waals surface area contributed by atoms with Crippen molar-refractivity contribution >= 4 is 21.8 Å². The third-order valence-corrected chi connectivity index (χ3v) is 4.11. The van der Waals surface area contributed by atoms with Gasteiger partial charge in [-0.1, -0.05) is 0 Å². The van der Waals surface area contributed by atoms with Crippen LogP contribution >= 0.6 is 15.9 Å². The van der Waals surface area contributed by atoms with E-state index >= 15 is 0 Å². The van der Waals surface area contributed by atoms with Gasteiger partial charge in [-0.25, -0.2) is 4.39 Å². The predicted molar refractivity (Wildman–Crippen MR) is 76.0 cm³/mol. The summed E-state index contributed by atoms with van der Waals surface area (Å²) in [5, 5.41) is 12.7. The molecule has 1 aromatic carbocycles. The van der Waals surface area contributed by atoms with E-state index in [1.165, 1.54) is 18.2 Å².